The summed E-state index contributed by atoms with van der Waals surface area (Å²) in [4.78, 5) is 0. The minimum atomic E-state index is -0.765. The van der Waals surface area contributed by atoms with Crippen LogP contribution >= 0.6 is 11.6 Å². The van der Waals surface area contributed by atoms with Crippen LogP contribution in [0.25, 0.3) is 0 Å². The van der Waals surface area contributed by atoms with Crippen molar-refractivity contribution < 1.29 is 13.2 Å². The van der Waals surface area contributed by atoms with Crippen molar-refractivity contribution in [1.82, 2.24) is 5.43 Å². The summed E-state index contributed by atoms with van der Waals surface area (Å²) in [5.41, 5.74) is 2.67. The summed E-state index contributed by atoms with van der Waals surface area (Å²) in [5, 5.41) is -0.0296. The highest BCUT2D eigenvalue weighted by molar-refractivity contribution is 6.30. The molecule has 0 aliphatic heterocycles. The molecule has 0 spiro atoms. The van der Waals surface area contributed by atoms with Gasteiger partial charge in [0.1, 0.15) is 17.5 Å². The van der Waals surface area contributed by atoms with Gasteiger partial charge in [0.2, 0.25) is 0 Å². The average Bonchev–Trinajstić information content (AvgIpc) is 2.43. The van der Waals surface area contributed by atoms with Crippen molar-refractivity contribution in [3.05, 3.63) is 70.0 Å². The van der Waals surface area contributed by atoms with E-state index in [1.165, 1.54) is 12.1 Å². The first-order chi connectivity index (χ1) is 9.52. The smallest absolute Gasteiger partial charge is 0.145 e. The van der Waals surface area contributed by atoms with E-state index in [4.69, 9.17) is 17.4 Å². The normalized spacial score (nSPS) is 12.4. The van der Waals surface area contributed by atoms with Gasteiger partial charge in [0, 0.05) is 5.56 Å². The molecule has 2 nitrogen and oxygen atoms in total. The third-order valence-corrected chi connectivity index (χ3v) is 3.28. The molecular weight excluding hydrogens is 289 g/mol. The average molecular weight is 301 g/mol. The summed E-state index contributed by atoms with van der Waals surface area (Å²) in [7, 11) is 0. The molecule has 106 valence electrons. The highest BCUT2D eigenvalue weighted by Gasteiger charge is 2.18. The van der Waals surface area contributed by atoms with E-state index in [0.717, 1.165) is 18.2 Å². The molecule has 0 heterocycles. The van der Waals surface area contributed by atoms with E-state index in [2.05, 4.69) is 5.43 Å². The van der Waals surface area contributed by atoms with Gasteiger partial charge in [0.15, 0.2) is 0 Å². The first-order valence-corrected chi connectivity index (χ1v) is 6.24. The number of benzene rings is 2. The molecule has 0 aliphatic carbocycles. The second kappa shape index (κ2) is 6.26. The quantitative estimate of drug-likeness (QED) is 0.670. The highest BCUT2D eigenvalue weighted by atomic mass is 35.5. The lowest BCUT2D eigenvalue weighted by atomic mass is 9.98. The Labute approximate surface area is 119 Å². The van der Waals surface area contributed by atoms with E-state index in [-0.39, 0.29) is 22.6 Å². The predicted molar refractivity (Wildman–Crippen MR) is 71.5 cm³/mol. The predicted octanol–water partition coefficient (Wildman–Crippen LogP) is 3.50. The van der Waals surface area contributed by atoms with Crippen LogP contribution in [-0.2, 0) is 6.42 Å². The standard InChI is InChI=1S/C14H12ClF3N2/c15-11-3-1-2-8(14(11)18)6-13(20-19)10-7-9(16)4-5-12(10)17/h1-5,7,13,20H,6,19H2. The minimum absolute atomic E-state index is 0.0296. The zero-order chi connectivity index (χ0) is 14.7. The largest absolute Gasteiger partial charge is 0.271 e. The van der Waals surface area contributed by atoms with E-state index in [1.807, 2.05) is 0 Å². The Morgan fingerprint density at radius 1 is 1.15 bits per heavy atom. The van der Waals surface area contributed by atoms with Crippen LogP contribution < -0.4 is 11.3 Å². The lowest BCUT2D eigenvalue weighted by Crippen LogP contribution is -2.30. The molecule has 0 radical (unpaired) electrons. The van der Waals surface area contributed by atoms with Crippen LogP contribution in [-0.4, -0.2) is 0 Å². The second-order valence-electron chi connectivity index (χ2n) is 4.30. The molecule has 0 amide bonds. The highest BCUT2D eigenvalue weighted by Crippen LogP contribution is 2.25. The zero-order valence-electron chi connectivity index (χ0n) is 10.3. The molecule has 1 unspecified atom stereocenters. The Bertz CT molecular complexity index is 619. The van der Waals surface area contributed by atoms with Gasteiger partial charge in [-0.2, -0.15) is 0 Å². The van der Waals surface area contributed by atoms with Crippen molar-refractivity contribution >= 4 is 11.6 Å². The van der Waals surface area contributed by atoms with Crippen molar-refractivity contribution in [2.45, 2.75) is 12.5 Å². The third kappa shape index (κ3) is 3.12. The lowest BCUT2D eigenvalue weighted by Gasteiger charge is -2.18. The van der Waals surface area contributed by atoms with Crippen molar-refractivity contribution in [1.29, 1.82) is 0 Å². The molecule has 0 saturated carbocycles. The fourth-order valence-electron chi connectivity index (χ4n) is 1.97. The van der Waals surface area contributed by atoms with Gasteiger partial charge >= 0.3 is 0 Å². The van der Waals surface area contributed by atoms with Crippen LogP contribution in [0.15, 0.2) is 36.4 Å². The van der Waals surface area contributed by atoms with Gasteiger partial charge in [-0.1, -0.05) is 23.7 Å². The van der Waals surface area contributed by atoms with Crippen LogP contribution in [0.3, 0.4) is 0 Å². The molecule has 2 aromatic rings. The Kier molecular flexibility index (Phi) is 4.65. The Morgan fingerprint density at radius 2 is 1.90 bits per heavy atom. The molecule has 0 aromatic heterocycles. The molecule has 6 heteroatoms. The number of nitrogens with one attached hydrogen (secondary N) is 1. The van der Waals surface area contributed by atoms with Crippen molar-refractivity contribution in [3.63, 3.8) is 0 Å². The maximum Gasteiger partial charge on any atom is 0.145 e. The lowest BCUT2D eigenvalue weighted by molar-refractivity contribution is 0.492. The summed E-state index contributed by atoms with van der Waals surface area (Å²) in [6, 6.07) is 6.78. The third-order valence-electron chi connectivity index (χ3n) is 2.99. The molecule has 20 heavy (non-hydrogen) atoms. The number of hydrazine groups is 1. The van der Waals surface area contributed by atoms with E-state index < -0.39 is 23.5 Å². The van der Waals surface area contributed by atoms with Gasteiger partial charge in [-0.3, -0.25) is 11.3 Å². The van der Waals surface area contributed by atoms with Crippen LogP contribution in [0.1, 0.15) is 17.2 Å². The monoisotopic (exact) mass is 300 g/mol. The maximum atomic E-state index is 13.8. The Balaban J connectivity index is 2.34. The number of halogens is 4. The minimum Gasteiger partial charge on any atom is -0.271 e. The van der Waals surface area contributed by atoms with Gasteiger partial charge in [-0.15, -0.1) is 0 Å². The first-order valence-electron chi connectivity index (χ1n) is 5.87. The van der Waals surface area contributed by atoms with Gasteiger partial charge < -0.3 is 0 Å². The molecule has 0 saturated heterocycles. The number of nitrogens with two attached hydrogens (primary N) is 1. The fraction of sp³-hybridized carbons (Fsp3) is 0.143. The van der Waals surface area contributed by atoms with Gasteiger partial charge in [-0.25, -0.2) is 13.2 Å². The molecule has 2 aromatic carbocycles. The second-order valence-corrected chi connectivity index (χ2v) is 4.71. The summed E-state index contributed by atoms with van der Waals surface area (Å²) < 4.78 is 40.7. The number of hydrogen-bond acceptors (Lipinski definition) is 2. The van der Waals surface area contributed by atoms with Crippen molar-refractivity contribution in [3.8, 4) is 0 Å². The SMILES string of the molecule is NNC(Cc1cccc(Cl)c1F)c1cc(F)ccc1F. The number of hydrogen-bond donors (Lipinski definition) is 2. The first kappa shape index (κ1) is 14.8. The molecule has 0 aliphatic rings. The molecule has 0 bridgehead atoms. The van der Waals surface area contributed by atoms with Crippen molar-refractivity contribution in [2.75, 3.05) is 0 Å². The molecule has 0 fully saturated rings. The van der Waals surface area contributed by atoms with E-state index in [0.29, 0.717) is 0 Å². The molecular formula is C14H12ClF3N2. The van der Waals surface area contributed by atoms with Crippen LogP contribution in [0.2, 0.25) is 5.02 Å². The van der Waals surface area contributed by atoms with Crippen LogP contribution in [0.4, 0.5) is 13.2 Å². The van der Waals surface area contributed by atoms with Gasteiger partial charge in [0.05, 0.1) is 11.1 Å². The summed E-state index contributed by atoms with van der Waals surface area (Å²) in [5.74, 6) is 3.57. The van der Waals surface area contributed by atoms with Crippen LogP contribution in [0, 0.1) is 17.5 Å². The zero-order valence-corrected chi connectivity index (χ0v) is 11.1. The summed E-state index contributed by atoms with van der Waals surface area (Å²) in [6.07, 6.45) is 0.0449. The van der Waals surface area contributed by atoms with Gasteiger partial charge in [-0.05, 0) is 36.2 Å². The topological polar surface area (TPSA) is 38.0 Å². The van der Waals surface area contributed by atoms with Gasteiger partial charge in [0.25, 0.3) is 0 Å². The summed E-state index contributed by atoms with van der Waals surface area (Å²) in [6.45, 7) is 0. The fourth-order valence-corrected chi connectivity index (χ4v) is 2.16. The van der Waals surface area contributed by atoms with E-state index in [9.17, 15) is 13.2 Å². The Hall–Kier alpha value is -1.56. The molecule has 1 atom stereocenters. The van der Waals surface area contributed by atoms with E-state index >= 15 is 0 Å². The number of rotatable bonds is 4. The maximum absolute atomic E-state index is 13.8. The summed E-state index contributed by atoms with van der Waals surface area (Å²) >= 11 is 5.68. The van der Waals surface area contributed by atoms with E-state index in [1.54, 1.807) is 6.07 Å². The van der Waals surface area contributed by atoms with Crippen LogP contribution in [0.5, 0.6) is 0 Å². The molecule has 2 rings (SSSR count). The van der Waals surface area contributed by atoms with Crippen molar-refractivity contribution in [2.24, 2.45) is 5.84 Å². The Morgan fingerprint density at radius 3 is 2.60 bits per heavy atom. The molecule has 3 N–H and O–H groups in total.